The van der Waals surface area contributed by atoms with Gasteiger partial charge in [0.15, 0.2) is 0 Å². The van der Waals surface area contributed by atoms with Crippen LogP contribution < -0.4 is 0 Å². The quantitative estimate of drug-likeness (QED) is 0.886. The number of thioether (sulfide) groups is 1. The van der Waals surface area contributed by atoms with E-state index in [0.717, 1.165) is 23.2 Å². The Bertz CT molecular complexity index is 573. The standard InChI is InChI=1S/C12H12N2O2S/c15-12(16)8-1-2-10-11(5-8)14(7-13-10)9-3-4-17-6-9/h1-2,5,7,9H,3-4,6H2,(H,15,16). The van der Waals surface area contributed by atoms with Gasteiger partial charge >= 0.3 is 5.97 Å². The number of carboxylic acid groups (broad SMARTS) is 1. The van der Waals surface area contributed by atoms with Gasteiger partial charge in [-0.1, -0.05) is 0 Å². The zero-order chi connectivity index (χ0) is 11.8. The van der Waals surface area contributed by atoms with E-state index < -0.39 is 5.97 Å². The van der Waals surface area contributed by atoms with Crippen molar-refractivity contribution < 1.29 is 9.90 Å². The van der Waals surface area contributed by atoms with E-state index in [4.69, 9.17) is 5.11 Å². The van der Waals surface area contributed by atoms with E-state index in [0.29, 0.717) is 11.6 Å². The molecular formula is C12H12N2O2S. The maximum absolute atomic E-state index is 11.0. The molecule has 17 heavy (non-hydrogen) atoms. The molecule has 0 radical (unpaired) electrons. The van der Waals surface area contributed by atoms with Crippen molar-refractivity contribution in [2.45, 2.75) is 12.5 Å². The summed E-state index contributed by atoms with van der Waals surface area (Å²) in [6, 6.07) is 5.55. The molecule has 1 saturated heterocycles. The molecule has 5 heteroatoms. The second-order valence-electron chi connectivity index (χ2n) is 4.18. The fraction of sp³-hybridized carbons (Fsp3) is 0.333. The molecule has 2 aromatic rings. The van der Waals surface area contributed by atoms with Crippen LogP contribution in [0, 0.1) is 0 Å². The lowest BCUT2D eigenvalue weighted by Crippen LogP contribution is -2.06. The number of fused-ring (bicyclic) bond motifs is 1. The van der Waals surface area contributed by atoms with E-state index in [9.17, 15) is 4.79 Å². The molecule has 3 rings (SSSR count). The molecule has 0 bridgehead atoms. The summed E-state index contributed by atoms with van der Waals surface area (Å²) >= 11 is 1.93. The number of imidazole rings is 1. The van der Waals surface area contributed by atoms with Gasteiger partial charge < -0.3 is 9.67 Å². The molecule has 88 valence electrons. The molecule has 1 aromatic heterocycles. The summed E-state index contributed by atoms with van der Waals surface area (Å²) in [7, 11) is 0. The molecular weight excluding hydrogens is 236 g/mol. The molecule has 1 N–H and O–H groups in total. The summed E-state index contributed by atoms with van der Waals surface area (Å²) < 4.78 is 2.11. The van der Waals surface area contributed by atoms with Crippen molar-refractivity contribution in [3.8, 4) is 0 Å². The van der Waals surface area contributed by atoms with Crippen LogP contribution in [0.1, 0.15) is 22.8 Å². The molecule has 0 saturated carbocycles. The summed E-state index contributed by atoms with van der Waals surface area (Å²) in [6.07, 6.45) is 2.96. The average molecular weight is 248 g/mol. The minimum absolute atomic E-state index is 0.324. The van der Waals surface area contributed by atoms with Crippen LogP contribution in [-0.2, 0) is 0 Å². The molecule has 4 nitrogen and oxygen atoms in total. The van der Waals surface area contributed by atoms with Crippen molar-refractivity contribution in [2.24, 2.45) is 0 Å². The van der Waals surface area contributed by atoms with Crippen LogP contribution in [0.25, 0.3) is 11.0 Å². The van der Waals surface area contributed by atoms with Crippen molar-refractivity contribution in [3.05, 3.63) is 30.1 Å². The Hall–Kier alpha value is -1.49. The topological polar surface area (TPSA) is 55.1 Å². The first-order valence-corrected chi connectivity index (χ1v) is 6.69. The van der Waals surface area contributed by atoms with Gasteiger partial charge in [-0.15, -0.1) is 0 Å². The Morgan fingerprint density at radius 2 is 2.41 bits per heavy atom. The van der Waals surface area contributed by atoms with E-state index >= 15 is 0 Å². The van der Waals surface area contributed by atoms with Crippen LogP contribution in [0.4, 0.5) is 0 Å². The number of hydrogen-bond donors (Lipinski definition) is 1. The highest BCUT2D eigenvalue weighted by molar-refractivity contribution is 7.99. The molecule has 0 aliphatic carbocycles. The summed E-state index contributed by atoms with van der Waals surface area (Å²) in [4.78, 5) is 15.3. The normalized spacial score (nSPS) is 19.9. The van der Waals surface area contributed by atoms with E-state index in [1.165, 1.54) is 5.75 Å². The fourth-order valence-corrected chi connectivity index (χ4v) is 3.40. The highest BCUT2D eigenvalue weighted by Crippen LogP contribution is 2.30. The van der Waals surface area contributed by atoms with Crippen LogP contribution in [0.5, 0.6) is 0 Å². The fourth-order valence-electron chi connectivity index (χ4n) is 2.19. The zero-order valence-corrected chi connectivity index (χ0v) is 9.98. The van der Waals surface area contributed by atoms with E-state index in [1.54, 1.807) is 18.2 Å². The van der Waals surface area contributed by atoms with E-state index in [2.05, 4.69) is 9.55 Å². The molecule has 1 atom stereocenters. The molecule has 2 heterocycles. The van der Waals surface area contributed by atoms with Gasteiger partial charge in [-0.25, -0.2) is 9.78 Å². The molecule has 1 unspecified atom stereocenters. The van der Waals surface area contributed by atoms with Crippen LogP contribution in [-0.4, -0.2) is 32.1 Å². The van der Waals surface area contributed by atoms with Crippen LogP contribution >= 0.6 is 11.8 Å². The lowest BCUT2D eigenvalue weighted by atomic mass is 10.2. The number of hydrogen-bond acceptors (Lipinski definition) is 3. The lowest BCUT2D eigenvalue weighted by Gasteiger charge is -2.11. The maximum Gasteiger partial charge on any atom is 0.335 e. The molecule has 0 spiro atoms. The number of carboxylic acids is 1. The van der Waals surface area contributed by atoms with Gasteiger partial charge in [0.2, 0.25) is 0 Å². The number of aromatic carboxylic acids is 1. The van der Waals surface area contributed by atoms with E-state index in [-0.39, 0.29) is 0 Å². The molecule has 1 aromatic carbocycles. The first-order chi connectivity index (χ1) is 8.25. The van der Waals surface area contributed by atoms with Crippen molar-refractivity contribution in [3.63, 3.8) is 0 Å². The molecule has 1 aliphatic rings. The van der Waals surface area contributed by atoms with Gasteiger partial charge in [0.1, 0.15) is 0 Å². The predicted molar refractivity (Wildman–Crippen MR) is 67.7 cm³/mol. The first-order valence-electron chi connectivity index (χ1n) is 5.53. The number of carbonyl (C=O) groups is 1. The largest absolute Gasteiger partial charge is 0.478 e. The zero-order valence-electron chi connectivity index (χ0n) is 9.17. The minimum Gasteiger partial charge on any atom is -0.478 e. The highest BCUT2D eigenvalue weighted by Gasteiger charge is 2.19. The third-order valence-electron chi connectivity index (χ3n) is 3.12. The van der Waals surface area contributed by atoms with Crippen molar-refractivity contribution >= 4 is 28.8 Å². The maximum atomic E-state index is 11.0. The van der Waals surface area contributed by atoms with Crippen molar-refractivity contribution in [1.29, 1.82) is 0 Å². The second kappa shape index (κ2) is 4.07. The summed E-state index contributed by atoms with van der Waals surface area (Å²) in [5, 5.41) is 9.00. The third-order valence-corrected chi connectivity index (χ3v) is 4.27. The lowest BCUT2D eigenvalue weighted by molar-refractivity contribution is 0.0697. The summed E-state index contributed by atoms with van der Waals surface area (Å²) in [5.74, 6) is 1.37. The first kappa shape index (κ1) is 10.7. The van der Waals surface area contributed by atoms with Gasteiger partial charge in [0.05, 0.1) is 22.9 Å². The van der Waals surface area contributed by atoms with Gasteiger partial charge in [-0.05, 0) is 30.4 Å². The summed E-state index contributed by atoms with van der Waals surface area (Å²) in [5.41, 5.74) is 2.12. The van der Waals surface area contributed by atoms with Crippen LogP contribution in [0.2, 0.25) is 0 Å². The molecule has 1 fully saturated rings. The Labute approximate surface area is 103 Å². The Kier molecular flexibility index (Phi) is 2.55. The minimum atomic E-state index is -0.888. The van der Waals surface area contributed by atoms with Gasteiger partial charge in [0.25, 0.3) is 0 Å². The predicted octanol–water partition coefficient (Wildman–Crippen LogP) is 2.41. The van der Waals surface area contributed by atoms with Crippen LogP contribution in [0.15, 0.2) is 24.5 Å². The SMILES string of the molecule is O=C(O)c1ccc2ncn(C3CCSC3)c2c1. The smallest absolute Gasteiger partial charge is 0.335 e. The van der Waals surface area contributed by atoms with Crippen molar-refractivity contribution in [1.82, 2.24) is 9.55 Å². The van der Waals surface area contributed by atoms with Crippen LogP contribution in [0.3, 0.4) is 0 Å². The Morgan fingerprint density at radius 1 is 1.53 bits per heavy atom. The Morgan fingerprint density at radius 3 is 3.12 bits per heavy atom. The summed E-state index contributed by atoms with van der Waals surface area (Å²) in [6.45, 7) is 0. The average Bonchev–Trinajstić information content (AvgIpc) is 2.96. The second-order valence-corrected chi connectivity index (χ2v) is 5.33. The molecule has 0 amide bonds. The van der Waals surface area contributed by atoms with Crippen molar-refractivity contribution in [2.75, 3.05) is 11.5 Å². The van der Waals surface area contributed by atoms with Gasteiger partial charge in [-0.2, -0.15) is 11.8 Å². The Balaban J connectivity index is 2.11. The number of aromatic nitrogens is 2. The monoisotopic (exact) mass is 248 g/mol. The van der Waals surface area contributed by atoms with Gasteiger partial charge in [-0.3, -0.25) is 0 Å². The number of nitrogens with zero attached hydrogens (tertiary/aromatic N) is 2. The van der Waals surface area contributed by atoms with Gasteiger partial charge in [0, 0.05) is 11.8 Å². The molecule has 1 aliphatic heterocycles. The van der Waals surface area contributed by atoms with E-state index in [1.807, 2.05) is 18.1 Å². The highest BCUT2D eigenvalue weighted by atomic mass is 32.2. The number of benzene rings is 1. The number of rotatable bonds is 2. The third kappa shape index (κ3) is 1.80.